The molecule has 0 unspecified atom stereocenters. The van der Waals surface area contributed by atoms with Crippen molar-refractivity contribution in [1.82, 2.24) is 0 Å². The first-order valence-electron chi connectivity index (χ1n) is 5.39. The lowest BCUT2D eigenvalue weighted by atomic mass is 10.2. The van der Waals surface area contributed by atoms with Gasteiger partial charge in [0.15, 0.2) is 0 Å². The summed E-state index contributed by atoms with van der Waals surface area (Å²) in [6.45, 7) is 1.63. The zero-order valence-corrected chi connectivity index (χ0v) is 9.71. The van der Waals surface area contributed by atoms with Crippen molar-refractivity contribution in [2.75, 3.05) is 5.32 Å². The van der Waals surface area contributed by atoms with Crippen LogP contribution < -0.4 is 5.32 Å². The van der Waals surface area contributed by atoms with Crippen molar-refractivity contribution < 1.29 is 13.6 Å². The summed E-state index contributed by atoms with van der Waals surface area (Å²) < 4.78 is 26.2. The fraction of sp³-hybridized carbons (Fsp3) is 0.0714. The first kappa shape index (κ1) is 12.2. The van der Waals surface area contributed by atoms with E-state index in [1.807, 2.05) is 0 Å². The molecule has 2 aromatic carbocycles. The predicted octanol–water partition coefficient (Wildman–Crippen LogP) is 3.53. The van der Waals surface area contributed by atoms with Crippen LogP contribution in [0.1, 0.15) is 15.9 Å². The zero-order valence-electron chi connectivity index (χ0n) is 9.71. The SMILES string of the molecule is Cc1ccc(NC(=O)c2cccc(F)c2)cc1F. The van der Waals surface area contributed by atoms with Crippen molar-refractivity contribution in [2.24, 2.45) is 0 Å². The van der Waals surface area contributed by atoms with Gasteiger partial charge in [0.05, 0.1) is 0 Å². The van der Waals surface area contributed by atoms with Gasteiger partial charge in [0.25, 0.3) is 5.91 Å². The molecule has 0 saturated carbocycles. The minimum absolute atomic E-state index is 0.191. The van der Waals surface area contributed by atoms with E-state index in [1.165, 1.54) is 24.3 Å². The summed E-state index contributed by atoms with van der Waals surface area (Å²) in [5, 5.41) is 2.51. The average molecular weight is 247 g/mol. The van der Waals surface area contributed by atoms with Crippen LogP contribution in [0.4, 0.5) is 14.5 Å². The Morgan fingerprint density at radius 1 is 1.11 bits per heavy atom. The van der Waals surface area contributed by atoms with E-state index in [-0.39, 0.29) is 5.56 Å². The van der Waals surface area contributed by atoms with E-state index >= 15 is 0 Å². The van der Waals surface area contributed by atoms with E-state index in [2.05, 4.69) is 5.32 Å². The lowest BCUT2D eigenvalue weighted by Crippen LogP contribution is -2.12. The summed E-state index contributed by atoms with van der Waals surface area (Å²) in [5.74, 6) is -1.36. The number of amides is 1. The molecule has 0 radical (unpaired) electrons. The van der Waals surface area contributed by atoms with Crippen molar-refractivity contribution >= 4 is 11.6 Å². The quantitative estimate of drug-likeness (QED) is 0.864. The summed E-state index contributed by atoms with van der Waals surface area (Å²) in [5.41, 5.74) is 1.03. The summed E-state index contributed by atoms with van der Waals surface area (Å²) in [6, 6.07) is 9.70. The topological polar surface area (TPSA) is 29.1 Å². The van der Waals surface area contributed by atoms with Gasteiger partial charge in [0.2, 0.25) is 0 Å². The molecule has 4 heteroatoms. The zero-order chi connectivity index (χ0) is 13.1. The van der Waals surface area contributed by atoms with Gasteiger partial charge in [0.1, 0.15) is 11.6 Å². The second-order valence-electron chi connectivity index (χ2n) is 3.93. The molecule has 2 aromatic rings. The highest BCUT2D eigenvalue weighted by Gasteiger charge is 2.07. The average Bonchev–Trinajstić information content (AvgIpc) is 2.34. The van der Waals surface area contributed by atoms with Gasteiger partial charge in [-0.05, 0) is 42.8 Å². The molecule has 0 heterocycles. The van der Waals surface area contributed by atoms with Crippen molar-refractivity contribution in [3.63, 3.8) is 0 Å². The summed E-state index contributed by atoms with van der Waals surface area (Å²) in [4.78, 5) is 11.8. The molecule has 1 N–H and O–H groups in total. The number of aryl methyl sites for hydroxylation is 1. The van der Waals surface area contributed by atoms with Crippen LogP contribution in [0.25, 0.3) is 0 Å². The molecule has 92 valence electrons. The number of benzene rings is 2. The maximum atomic E-state index is 13.3. The maximum absolute atomic E-state index is 13.3. The lowest BCUT2D eigenvalue weighted by molar-refractivity contribution is 0.102. The fourth-order valence-corrected chi connectivity index (χ4v) is 1.50. The molecular weight excluding hydrogens is 236 g/mol. The van der Waals surface area contributed by atoms with Crippen molar-refractivity contribution in [1.29, 1.82) is 0 Å². The number of carbonyl (C=O) groups excluding carboxylic acids is 1. The lowest BCUT2D eigenvalue weighted by Gasteiger charge is -2.06. The van der Waals surface area contributed by atoms with Crippen molar-refractivity contribution in [3.8, 4) is 0 Å². The molecule has 0 saturated heterocycles. The molecule has 1 amide bonds. The van der Waals surface area contributed by atoms with Crippen LogP contribution in [0.15, 0.2) is 42.5 Å². The second-order valence-corrected chi connectivity index (χ2v) is 3.93. The first-order chi connectivity index (χ1) is 8.56. The fourth-order valence-electron chi connectivity index (χ4n) is 1.50. The van der Waals surface area contributed by atoms with Crippen LogP contribution in [0.5, 0.6) is 0 Å². The number of carbonyl (C=O) groups is 1. The van der Waals surface area contributed by atoms with Crippen LogP contribution in [0.2, 0.25) is 0 Å². The van der Waals surface area contributed by atoms with Crippen LogP contribution in [-0.4, -0.2) is 5.91 Å². The summed E-state index contributed by atoms with van der Waals surface area (Å²) in [6.07, 6.45) is 0. The van der Waals surface area contributed by atoms with E-state index in [9.17, 15) is 13.6 Å². The van der Waals surface area contributed by atoms with Crippen LogP contribution >= 0.6 is 0 Å². The Labute approximate surface area is 103 Å². The molecule has 0 spiro atoms. The molecule has 0 aliphatic rings. The van der Waals surface area contributed by atoms with Crippen LogP contribution in [0.3, 0.4) is 0 Å². The molecule has 0 atom stereocenters. The minimum Gasteiger partial charge on any atom is -0.322 e. The molecular formula is C14H11F2NO. The van der Waals surface area contributed by atoms with Gasteiger partial charge in [0, 0.05) is 11.3 Å². The van der Waals surface area contributed by atoms with Gasteiger partial charge >= 0.3 is 0 Å². The number of hydrogen-bond donors (Lipinski definition) is 1. The molecule has 2 rings (SSSR count). The van der Waals surface area contributed by atoms with E-state index in [4.69, 9.17) is 0 Å². The van der Waals surface area contributed by atoms with Gasteiger partial charge in [-0.1, -0.05) is 12.1 Å². The van der Waals surface area contributed by atoms with Gasteiger partial charge in [-0.15, -0.1) is 0 Å². The van der Waals surface area contributed by atoms with E-state index in [0.29, 0.717) is 11.3 Å². The maximum Gasteiger partial charge on any atom is 0.255 e. The number of anilines is 1. The van der Waals surface area contributed by atoms with E-state index < -0.39 is 17.5 Å². The van der Waals surface area contributed by atoms with Gasteiger partial charge in [-0.3, -0.25) is 4.79 Å². The highest BCUT2D eigenvalue weighted by molar-refractivity contribution is 6.04. The highest BCUT2D eigenvalue weighted by Crippen LogP contribution is 2.15. The van der Waals surface area contributed by atoms with E-state index in [1.54, 1.807) is 19.1 Å². The molecule has 18 heavy (non-hydrogen) atoms. The monoisotopic (exact) mass is 247 g/mol. The highest BCUT2D eigenvalue weighted by atomic mass is 19.1. The second kappa shape index (κ2) is 4.96. The third-order valence-corrected chi connectivity index (χ3v) is 2.52. The largest absolute Gasteiger partial charge is 0.322 e. The van der Waals surface area contributed by atoms with Gasteiger partial charge < -0.3 is 5.32 Å². The smallest absolute Gasteiger partial charge is 0.255 e. The van der Waals surface area contributed by atoms with Crippen molar-refractivity contribution in [3.05, 3.63) is 65.2 Å². The molecule has 0 fully saturated rings. The Hall–Kier alpha value is -2.23. The third kappa shape index (κ3) is 2.71. The Morgan fingerprint density at radius 3 is 2.56 bits per heavy atom. The van der Waals surface area contributed by atoms with Gasteiger partial charge in [-0.25, -0.2) is 8.78 Å². The minimum atomic E-state index is -0.488. The molecule has 0 aliphatic carbocycles. The Morgan fingerprint density at radius 2 is 1.89 bits per heavy atom. The van der Waals surface area contributed by atoms with Crippen molar-refractivity contribution in [2.45, 2.75) is 6.92 Å². The van der Waals surface area contributed by atoms with Crippen LogP contribution in [0, 0.1) is 18.6 Å². The number of hydrogen-bond acceptors (Lipinski definition) is 1. The number of rotatable bonds is 2. The first-order valence-corrected chi connectivity index (χ1v) is 5.39. The summed E-state index contributed by atoms with van der Waals surface area (Å²) in [7, 11) is 0. The summed E-state index contributed by atoms with van der Waals surface area (Å²) >= 11 is 0. The molecule has 0 bridgehead atoms. The normalized spacial score (nSPS) is 10.2. The number of halogens is 2. The predicted molar refractivity (Wildman–Crippen MR) is 65.5 cm³/mol. The Bertz CT molecular complexity index is 596. The standard InChI is InChI=1S/C14H11F2NO/c1-9-5-6-12(8-13(9)16)17-14(18)10-3-2-4-11(15)7-10/h2-8H,1H3,(H,17,18). The van der Waals surface area contributed by atoms with Crippen LogP contribution in [-0.2, 0) is 0 Å². The molecule has 0 aliphatic heterocycles. The Balaban J connectivity index is 2.18. The number of nitrogens with one attached hydrogen (secondary N) is 1. The molecule has 0 aromatic heterocycles. The Kier molecular flexibility index (Phi) is 3.37. The van der Waals surface area contributed by atoms with E-state index in [0.717, 1.165) is 6.07 Å². The van der Waals surface area contributed by atoms with Gasteiger partial charge in [-0.2, -0.15) is 0 Å². The third-order valence-electron chi connectivity index (χ3n) is 2.52. The molecule has 2 nitrogen and oxygen atoms in total.